The quantitative estimate of drug-likeness (QED) is 0.0141. The fraction of sp³-hybridized carbons (Fsp3) is 0.437. The molecule has 6 N–H and O–H groups in total. The second kappa shape index (κ2) is 52.7. The lowest BCUT2D eigenvalue weighted by atomic mass is 10.0. The summed E-state index contributed by atoms with van der Waals surface area (Å²) in [5, 5.41) is 26.2. The van der Waals surface area contributed by atoms with E-state index in [1.807, 2.05) is 218 Å². The highest BCUT2D eigenvalue weighted by atomic mass is 28.4. The van der Waals surface area contributed by atoms with E-state index >= 15 is 0 Å². The third-order valence-electron chi connectivity index (χ3n) is 29.3. The Morgan fingerprint density at radius 3 is 1.07 bits per heavy atom. The lowest BCUT2D eigenvalue weighted by Crippen LogP contribution is -2.57. The van der Waals surface area contributed by atoms with Crippen molar-refractivity contribution < 1.29 is 85.6 Å². The fourth-order valence-electron chi connectivity index (χ4n) is 17.0. The topological polar surface area (TPSA) is 331 Å². The van der Waals surface area contributed by atoms with Crippen LogP contribution < -0.4 is 26.2 Å². The van der Waals surface area contributed by atoms with Crippen LogP contribution in [-0.4, -0.2) is 202 Å². The van der Waals surface area contributed by atoms with Crippen LogP contribution >= 0.6 is 0 Å². The van der Waals surface area contributed by atoms with E-state index in [0.717, 1.165) is 96.3 Å². The summed E-state index contributed by atoms with van der Waals surface area (Å²) < 4.78 is 40.7. The molecule has 28 nitrogen and oxygen atoms in total. The van der Waals surface area contributed by atoms with Gasteiger partial charge in [0.2, 0.25) is 0 Å². The number of aliphatic hydroxyl groups is 2. The number of nitrogen functional groups attached to an aromatic ring is 1. The minimum atomic E-state index is -2.35. The summed E-state index contributed by atoms with van der Waals surface area (Å²) in [7, 11) is -6.22. The molecule has 0 aliphatic carbocycles. The molecule has 0 aromatic heterocycles. The van der Waals surface area contributed by atoms with Gasteiger partial charge in [-0.2, -0.15) is 0 Å². The van der Waals surface area contributed by atoms with Crippen LogP contribution in [0.5, 0.6) is 0 Å². The predicted molar refractivity (Wildman–Crippen MR) is 611 cm³/mol. The second-order valence-corrected chi connectivity index (χ2v) is 58.0. The zero-order chi connectivity index (χ0) is 112. The number of allylic oxidation sites excluding steroid dienone is 10. The van der Waals surface area contributed by atoms with E-state index in [1.165, 1.54) is 32.9 Å². The Labute approximate surface area is 894 Å². The molecule has 810 valence electrons. The van der Waals surface area contributed by atoms with Crippen molar-refractivity contribution in [3.63, 3.8) is 0 Å². The molecule has 7 atom stereocenters. The molecule has 5 aromatic rings. The zero-order valence-corrected chi connectivity index (χ0v) is 97.2. The molecule has 9 amide bonds. The van der Waals surface area contributed by atoms with Crippen molar-refractivity contribution in [2.24, 2.45) is 0 Å². The van der Waals surface area contributed by atoms with Crippen LogP contribution in [0, 0.1) is 69.2 Å². The normalized spacial score (nSPS) is 18.7. The molecule has 0 bridgehead atoms. The number of ether oxygens (including phenoxy) is 4. The summed E-state index contributed by atoms with van der Waals surface area (Å²) in [5.41, 5.74) is 25.6. The number of nitrogens with two attached hydrogens (primary N) is 1. The number of nitrogens with zero attached hydrogens (tertiary/aromatic N) is 7. The van der Waals surface area contributed by atoms with Crippen molar-refractivity contribution in [1.82, 2.24) is 24.5 Å². The number of hydrogen-bond acceptors (Lipinski definition) is 19. The number of aliphatic hydroxyl groups excluding tert-OH is 2. The molecule has 0 saturated carbocycles. The first kappa shape index (κ1) is 122. The Morgan fingerprint density at radius 2 is 0.700 bits per heavy atom. The average Bonchev–Trinajstić information content (AvgIpc) is 1.59. The maximum Gasteiger partial charge on any atom is 0.416 e. The van der Waals surface area contributed by atoms with Crippen molar-refractivity contribution in [3.05, 3.63) is 314 Å². The van der Waals surface area contributed by atoms with Crippen molar-refractivity contribution in [2.75, 3.05) is 72.4 Å². The van der Waals surface area contributed by atoms with Gasteiger partial charge < -0.3 is 72.7 Å². The molecule has 7 heterocycles. The van der Waals surface area contributed by atoms with Crippen LogP contribution in [0.2, 0.25) is 54.4 Å². The van der Waals surface area contributed by atoms with Gasteiger partial charge in [0.1, 0.15) is 26.4 Å². The number of aryl methyl sites for hydroxylation is 10. The van der Waals surface area contributed by atoms with Crippen molar-refractivity contribution in [2.45, 2.75) is 295 Å². The molecule has 0 fully saturated rings. The smallest absolute Gasteiger partial charge is 0.416 e. The highest BCUT2D eigenvalue weighted by Crippen LogP contribution is 2.47. The average molecular weight is 2110 g/mol. The lowest BCUT2D eigenvalue weighted by molar-refractivity contribution is 0.0557. The summed E-state index contributed by atoms with van der Waals surface area (Å²) in [6.07, 6.45) is 33.6. The van der Waals surface area contributed by atoms with E-state index in [0.29, 0.717) is 88.7 Å². The number of amides is 9. The summed E-state index contributed by atoms with van der Waals surface area (Å²) >= 11 is 0. The Balaban J connectivity index is 0.000000229. The summed E-state index contributed by atoms with van der Waals surface area (Å²) in [6, 6.07) is 16.8. The van der Waals surface area contributed by atoms with Crippen LogP contribution in [0.3, 0.4) is 0 Å². The van der Waals surface area contributed by atoms with Crippen molar-refractivity contribution in [3.8, 4) is 0 Å². The van der Waals surface area contributed by atoms with Gasteiger partial charge in [-0.05, 0) is 335 Å². The van der Waals surface area contributed by atoms with Gasteiger partial charge in [0.05, 0.1) is 101 Å². The van der Waals surface area contributed by atoms with E-state index in [-0.39, 0.29) is 102 Å². The second-order valence-electron chi connectivity index (χ2n) is 43.6. The lowest BCUT2D eigenvalue weighted by Gasteiger charge is -2.44. The van der Waals surface area contributed by atoms with E-state index in [9.17, 15) is 53.4 Å². The Morgan fingerprint density at radius 1 is 0.400 bits per heavy atom. The molecule has 5 aromatic carbocycles. The highest BCUT2D eigenvalue weighted by molar-refractivity contribution is 6.75. The molecule has 0 spiro atoms. The summed E-state index contributed by atoms with van der Waals surface area (Å²) in [4.78, 5) is 129. The molecular weight excluding hydrogens is 1940 g/mol. The minimum Gasteiger partial charge on any atom is -0.445 e. The van der Waals surface area contributed by atoms with Gasteiger partial charge >= 0.3 is 24.4 Å². The number of anilines is 5. The van der Waals surface area contributed by atoms with Crippen LogP contribution in [0.1, 0.15) is 236 Å². The fourth-order valence-corrected chi connectivity index (χ4v) is 20.3. The van der Waals surface area contributed by atoms with Gasteiger partial charge in [-0.15, -0.1) is 0 Å². The molecule has 31 heteroatoms. The van der Waals surface area contributed by atoms with Crippen LogP contribution in [0.25, 0.3) is 0 Å². The third-order valence-corrected chi connectivity index (χ3v) is 42.8. The monoisotopic (exact) mass is 2110 g/mol. The molecule has 0 unspecified atom stereocenters. The number of carbonyl (C=O) groups is 9. The maximum atomic E-state index is 13.8. The molecule has 150 heavy (non-hydrogen) atoms. The van der Waals surface area contributed by atoms with Crippen LogP contribution in [0.15, 0.2) is 231 Å². The molecule has 0 radical (unpaired) electrons. The van der Waals surface area contributed by atoms with Crippen molar-refractivity contribution in [1.29, 1.82) is 0 Å². The highest BCUT2D eigenvalue weighted by Gasteiger charge is 2.52. The Kier molecular flexibility index (Phi) is 43.0. The number of hydrogen-bond donors (Lipinski definition) is 5. The molecular formula is C119H164N10O18Si3. The van der Waals surface area contributed by atoms with E-state index in [2.05, 4.69) is 145 Å². The minimum absolute atomic E-state index is 0.00571. The summed E-state index contributed by atoms with van der Waals surface area (Å²) in [6.45, 7) is 77.7. The van der Waals surface area contributed by atoms with Gasteiger partial charge in [0.25, 0.3) is 29.5 Å². The molecule has 7 aliphatic rings. The number of nitrogens with one attached hydrogen (secondary N) is 2. The number of fused-ring (bicyclic) bond motifs is 4. The van der Waals surface area contributed by atoms with E-state index in [1.54, 1.807) is 57.4 Å². The standard InChI is InChI=1S/C27H38N2O4Si.C27H40N2O4Si.C23H36N2O2Si.C21H24N2O4.C21H26N2O4/c1-10-12-20-16-23-25(33-34(8,9)27(5,6)7)29(26(31)32-13-11-2)22-15-19(4)18(3)14-21(22)24(30)28(23)17-20;1-10-12-21-16-22(18-33-34(8,9)27(5,6)7)29(17-21)25(30)23-14-19(3)20(4)15-24(23)28-26(31)32-13-11-2;1-9-10-18-13-19(15-27-28(7,8)23(4,5)6)25(14-18)22(26)20-11-16(2)17(3)12-21(20)24;1-5-7-15-11-18-20(25)23(21(26)27-8-6-2)17-10-14(4)13(3)9-16(17)19(24)22(18)12-15;1-5-7-16-11-17(13-24)23(12-16)20(25)18-9-14(3)15(4)10-19(18)22-21(26)27-8-6-2/h10-12,14-15,17,23,25H,2,13,16H2,1,3-9H3;10-12,14-15,17,22H,2,13,16,18H2,1,3-9H3,(H,28,31);9-12,14,19H,13,15,24H2,1-8H3;5-7,9-10,12,18,20,25H,2,8,11H2,1,3-4H3;5-7,9-10,12,17,24H,2,8,11,13H2,1,3-4H3,(H,22,26)/b2*12-10+;10-9+;2*7-5+/t23-,25-;22-;19-;18-,20-;17-/m00000/s1. The number of rotatable bonds is 27. The molecule has 7 aliphatic heterocycles. The zero-order valence-electron chi connectivity index (χ0n) is 94.2. The van der Waals surface area contributed by atoms with Gasteiger partial charge in [0.15, 0.2) is 37.4 Å². The predicted octanol–water partition coefficient (Wildman–Crippen LogP) is 25.9. The largest absolute Gasteiger partial charge is 0.445 e. The van der Waals surface area contributed by atoms with Gasteiger partial charge in [0, 0.05) is 36.7 Å². The van der Waals surface area contributed by atoms with E-state index in [4.69, 9.17) is 38.0 Å². The van der Waals surface area contributed by atoms with Crippen molar-refractivity contribution >= 4 is 107 Å². The van der Waals surface area contributed by atoms with E-state index < -0.39 is 67.8 Å². The number of carbonyl (C=O) groups excluding carboxylic acids is 9. The maximum absolute atomic E-state index is 13.8. The first-order valence-corrected chi connectivity index (χ1v) is 60.1. The van der Waals surface area contributed by atoms with Gasteiger partial charge in [-0.3, -0.25) is 34.6 Å². The summed E-state index contributed by atoms with van der Waals surface area (Å²) in [5.74, 6) is -0.883. The van der Waals surface area contributed by atoms with Gasteiger partial charge in [-0.25, -0.2) is 29.0 Å². The first-order valence-electron chi connectivity index (χ1n) is 51.4. The first-order chi connectivity index (χ1) is 70.3. The number of benzene rings is 5. The molecule has 12 rings (SSSR count). The Hall–Kier alpha value is -12.9. The van der Waals surface area contributed by atoms with Crippen LogP contribution in [0.4, 0.5) is 47.6 Å². The van der Waals surface area contributed by atoms with Gasteiger partial charge in [-0.1, -0.05) is 174 Å². The third kappa shape index (κ3) is 30.1. The SMILES string of the molecule is C/C=C/C1=CN(C(=O)c2cc(C)c(C)cc2N)[C@H](CO[Si](C)(C)C(C)(C)C)C1.C=CCOC(=O)N1c2cc(C)c(C)cc2C(=O)N2C=C(/C=C/C)C[C@H]2[C@@H]1O.C=CCOC(=O)N1c2cc(C)c(C)cc2C(=O)N2C=C(/C=C/C)C[C@H]2[C@@H]1O[Si](C)(C)C(C)(C)C.C=CCOC(=O)Nc1cc(C)c(C)cc1C(=O)N1C=C(/C=C/C)C[C@H]1CO.C=CCOC(=O)Nc1cc(C)c(C)cc1C(=O)N1C=C(/C=C/C)C[C@H]1CO[Si](C)(C)C(C)(C)C. The molecule has 0 saturated heterocycles. The Bertz CT molecular complexity index is 6200. The van der Waals surface area contributed by atoms with Crippen LogP contribution in [-0.2, 0) is 32.2 Å².